The molecule has 0 spiro atoms. The highest BCUT2D eigenvalue weighted by Gasteiger charge is 2.37. The second-order valence-corrected chi connectivity index (χ2v) is 5.83. The van der Waals surface area contributed by atoms with Crippen LogP contribution in [0.3, 0.4) is 0 Å². The van der Waals surface area contributed by atoms with Gasteiger partial charge in [0.1, 0.15) is 11.4 Å². The Morgan fingerprint density at radius 1 is 1.07 bits per heavy atom. The van der Waals surface area contributed by atoms with Crippen LogP contribution in [0.4, 0.5) is 26.3 Å². The summed E-state index contributed by atoms with van der Waals surface area (Å²) in [6.07, 6.45) is -6.69. The molecular formula is C17H13F6N5. The van der Waals surface area contributed by atoms with Crippen LogP contribution in [0.25, 0.3) is 11.4 Å². The van der Waals surface area contributed by atoms with Crippen LogP contribution in [-0.2, 0) is 18.9 Å². The molecule has 0 amide bonds. The van der Waals surface area contributed by atoms with Gasteiger partial charge in [-0.3, -0.25) is 4.99 Å². The number of hydrogen-bond acceptors (Lipinski definition) is 3. The molecule has 0 radical (unpaired) electrons. The van der Waals surface area contributed by atoms with Gasteiger partial charge in [-0.1, -0.05) is 0 Å². The van der Waals surface area contributed by atoms with E-state index in [4.69, 9.17) is 0 Å². The lowest BCUT2D eigenvalue weighted by Gasteiger charge is -2.17. The van der Waals surface area contributed by atoms with E-state index in [9.17, 15) is 26.3 Å². The summed E-state index contributed by atoms with van der Waals surface area (Å²) in [5.74, 6) is 0. The van der Waals surface area contributed by atoms with Crippen LogP contribution in [0.2, 0.25) is 0 Å². The molecule has 1 N–H and O–H groups in total. The number of H-pyrrole nitrogens is 1. The first-order valence-corrected chi connectivity index (χ1v) is 7.87. The standard InChI is InChI=1S/C17H13F6N5/c1-24-8-13-15(26-27-25-13)14-3-2-6-28(14)9-10-7-11(16(18,19)20)4-5-12(10)17(21,22)23/h2-8H,9H2,1H3,(H,25,26,27). The van der Waals surface area contributed by atoms with Crippen molar-refractivity contribution in [3.8, 4) is 11.4 Å². The van der Waals surface area contributed by atoms with Gasteiger partial charge in [-0.05, 0) is 35.9 Å². The van der Waals surface area contributed by atoms with Crippen molar-refractivity contribution in [3.05, 3.63) is 58.9 Å². The van der Waals surface area contributed by atoms with E-state index in [2.05, 4.69) is 20.4 Å². The van der Waals surface area contributed by atoms with E-state index in [1.165, 1.54) is 24.0 Å². The SMILES string of the molecule is CN=Cc1n[nH]nc1-c1cccn1Cc1cc(C(F)(F)F)ccc1C(F)(F)F. The second-order valence-electron chi connectivity index (χ2n) is 5.83. The molecule has 28 heavy (non-hydrogen) atoms. The van der Waals surface area contributed by atoms with E-state index >= 15 is 0 Å². The van der Waals surface area contributed by atoms with E-state index in [0.29, 0.717) is 35.3 Å². The van der Waals surface area contributed by atoms with Gasteiger partial charge in [-0.2, -0.15) is 41.8 Å². The van der Waals surface area contributed by atoms with Crippen molar-refractivity contribution in [1.29, 1.82) is 0 Å². The van der Waals surface area contributed by atoms with Gasteiger partial charge in [-0.25, -0.2) is 0 Å². The number of alkyl halides is 6. The van der Waals surface area contributed by atoms with E-state index in [0.717, 1.165) is 0 Å². The number of aliphatic imine (C=N–C) groups is 1. The normalized spacial score (nSPS) is 12.8. The Balaban J connectivity index is 2.07. The molecule has 1 aromatic carbocycles. The van der Waals surface area contributed by atoms with Crippen molar-refractivity contribution in [3.63, 3.8) is 0 Å². The van der Waals surface area contributed by atoms with Crippen LogP contribution < -0.4 is 0 Å². The largest absolute Gasteiger partial charge is 0.416 e. The molecule has 0 bridgehead atoms. The lowest BCUT2D eigenvalue weighted by molar-refractivity contribution is -0.141. The van der Waals surface area contributed by atoms with Gasteiger partial charge in [0.2, 0.25) is 0 Å². The molecule has 3 aromatic rings. The Bertz CT molecular complexity index is 996. The highest BCUT2D eigenvalue weighted by molar-refractivity contribution is 5.85. The first-order chi connectivity index (χ1) is 13.1. The molecule has 2 aromatic heterocycles. The predicted octanol–water partition coefficient (Wildman–Crippen LogP) is 4.41. The number of halogens is 6. The molecule has 0 aliphatic rings. The summed E-state index contributed by atoms with van der Waals surface area (Å²) in [5, 5.41) is 10.2. The van der Waals surface area contributed by atoms with Crippen molar-refractivity contribution < 1.29 is 26.3 Å². The van der Waals surface area contributed by atoms with Gasteiger partial charge >= 0.3 is 12.4 Å². The summed E-state index contributed by atoms with van der Waals surface area (Å²) in [4.78, 5) is 3.82. The van der Waals surface area contributed by atoms with Gasteiger partial charge in [0, 0.05) is 19.8 Å². The quantitative estimate of drug-likeness (QED) is 0.520. The van der Waals surface area contributed by atoms with Gasteiger partial charge in [-0.15, -0.1) is 0 Å². The number of rotatable bonds is 4. The van der Waals surface area contributed by atoms with E-state index < -0.39 is 35.6 Å². The Morgan fingerprint density at radius 3 is 2.46 bits per heavy atom. The Labute approximate surface area is 154 Å². The summed E-state index contributed by atoms with van der Waals surface area (Å²) in [6, 6.07) is 4.52. The second kappa shape index (κ2) is 7.13. The zero-order valence-corrected chi connectivity index (χ0v) is 14.3. The monoisotopic (exact) mass is 401 g/mol. The average Bonchev–Trinajstić information content (AvgIpc) is 3.22. The predicted molar refractivity (Wildman–Crippen MR) is 88.9 cm³/mol. The highest BCUT2D eigenvalue weighted by atomic mass is 19.4. The van der Waals surface area contributed by atoms with E-state index in [-0.39, 0.29) is 0 Å². The Kier molecular flexibility index (Phi) is 5.01. The minimum absolute atomic E-state index is 0.316. The van der Waals surface area contributed by atoms with Crippen LogP contribution in [0.15, 0.2) is 41.5 Å². The number of nitrogens with zero attached hydrogens (tertiary/aromatic N) is 4. The van der Waals surface area contributed by atoms with Crippen molar-refractivity contribution in [2.45, 2.75) is 18.9 Å². The molecule has 0 saturated heterocycles. The fourth-order valence-corrected chi connectivity index (χ4v) is 2.77. The topological polar surface area (TPSA) is 58.9 Å². The maximum atomic E-state index is 13.3. The summed E-state index contributed by atoms with van der Waals surface area (Å²) < 4.78 is 80.3. The van der Waals surface area contributed by atoms with Crippen LogP contribution in [0, 0.1) is 0 Å². The molecule has 0 fully saturated rings. The summed E-state index contributed by atoms with van der Waals surface area (Å²) >= 11 is 0. The molecular weight excluding hydrogens is 388 g/mol. The van der Waals surface area contributed by atoms with E-state index in [1.807, 2.05) is 0 Å². The molecule has 0 saturated carbocycles. The fraction of sp³-hybridized carbons (Fsp3) is 0.235. The smallest absolute Gasteiger partial charge is 0.342 e. The summed E-state index contributed by atoms with van der Waals surface area (Å²) in [7, 11) is 1.51. The van der Waals surface area contributed by atoms with Crippen molar-refractivity contribution in [2.75, 3.05) is 7.05 Å². The molecule has 11 heteroatoms. The zero-order chi connectivity index (χ0) is 20.5. The highest BCUT2D eigenvalue weighted by Crippen LogP contribution is 2.37. The van der Waals surface area contributed by atoms with Gasteiger partial charge < -0.3 is 4.57 Å². The van der Waals surface area contributed by atoms with Crippen LogP contribution in [0.5, 0.6) is 0 Å². The van der Waals surface area contributed by atoms with Crippen LogP contribution in [0.1, 0.15) is 22.4 Å². The minimum atomic E-state index is -4.79. The average molecular weight is 401 g/mol. The van der Waals surface area contributed by atoms with Crippen LogP contribution >= 0.6 is 0 Å². The number of aromatic nitrogens is 4. The van der Waals surface area contributed by atoms with Crippen molar-refractivity contribution in [1.82, 2.24) is 20.0 Å². The zero-order valence-electron chi connectivity index (χ0n) is 14.3. The molecule has 5 nitrogen and oxygen atoms in total. The maximum absolute atomic E-state index is 13.3. The summed E-state index contributed by atoms with van der Waals surface area (Å²) in [6.45, 7) is -0.434. The van der Waals surface area contributed by atoms with Gasteiger partial charge in [0.05, 0.1) is 23.0 Å². The lowest BCUT2D eigenvalue weighted by atomic mass is 10.0. The number of nitrogens with one attached hydrogen (secondary N) is 1. The minimum Gasteiger partial charge on any atom is -0.342 e. The van der Waals surface area contributed by atoms with Crippen molar-refractivity contribution in [2.24, 2.45) is 4.99 Å². The van der Waals surface area contributed by atoms with Gasteiger partial charge in [0.15, 0.2) is 0 Å². The Hall–Kier alpha value is -3.11. The molecule has 148 valence electrons. The van der Waals surface area contributed by atoms with Gasteiger partial charge in [0.25, 0.3) is 0 Å². The third-order valence-corrected chi connectivity index (χ3v) is 3.98. The molecule has 0 unspecified atom stereocenters. The Morgan fingerprint density at radius 2 is 1.82 bits per heavy atom. The molecule has 0 aliphatic carbocycles. The number of benzene rings is 1. The number of aromatic amines is 1. The summed E-state index contributed by atoms with van der Waals surface area (Å²) in [5.41, 5.74) is -1.73. The maximum Gasteiger partial charge on any atom is 0.416 e. The van der Waals surface area contributed by atoms with E-state index in [1.54, 1.807) is 12.1 Å². The van der Waals surface area contributed by atoms with Crippen LogP contribution in [-0.4, -0.2) is 33.2 Å². The fourth-order valence-electron chi connectivity index (χ4n) is 2.77. The third kappa shape index (κ3) is 3.92. The first-order valence-electron chi connectivity index (χ1n) is 7.87. The molecule has 0 aliphatic heterocycles. The molecule has 3 rings (SSSR count). The molecule has 0 atom stereocenters. The number of hydrogen-bond donors (Lipinski definition) is 1. The first kappa shape index (κ1) is 19.6. The van der Waals surface area contributed by atoms with Crippen molar-refractivity contribution >= 4 is 6.21 Å². The lowest BCUT2D eigenvalue weighted by Crippen LogP contribution is -2.15. The third-order valence-electron chi connectivity index (χ3n) is 3.98. The molecule has 2 heterocycles.